The number of carbonyl (C=O) groups is 1. The SMILES string of the molecule is CC[N+]1(CC(=O)O)CCCCC1. The smallest absolute Gasteiger partial charge is 0.359 e. The summed E-state index contributed by atoms with van der Waals surface area (Å²) in [5, 5.41) is 8.75. The van der Waals surface area contributed by atoms with Crippen LogP contribution in [0.1, 0.15) is 26.2 Å². The number of likely N-dealkylation sites (tertiary alicyclic amines) is 1. The Morgan fingerprint density at radius 2 is 1.92 bits per heavy atom. The van der Waals surface area contributed by atoms with E-state index in [9.17, 15) is 4.79 Å². The maximum absolute atomic E-state index is 10.6. The molecule has 1 saturated heterocycles. The van der Waals surface area contributed by atoms with E-state index >= 15 is 0 Å². The molecule has 3 nitrogen and oxygen atoms in total. The average molecular weight is 172 g/mol. The third kappa shape index (κ3) is 2.21. The number of nitrogens with zero attached hydrogens (tertiary/aromatic N) is 1. The molecule has 0 atom stereocenters. The van der Waals surface area contributed by atoms with Gasteiger partial charge < -0.3 is 9.59 Å². The van der Waals surface area contributed by atoms with Gasteiger partial charge >= 0.3 is 5.97 Å². The minimum Gasteiger partial charge on any atom is -0.477 e. The number of carboxylic acids is 1. The van der Waals surface area contributed by atoms with Crippen LogP contribution in [0.3, 0.4) is 0 Å². The molecule has 1 rings (SSSR count). The first-order valence-corrected chi connectivity index (χ1v) is 4.75. The summed E-state index contributed by atoms with van der Waals surface area (Å²) in [4.78, 5) is 10.6. The molecule has 70 valence electrons. The van der Waals surface area contributed by atoms with Crippen molar-refractivity contribution in [2.75, 3.05) is 26.2 Å². The van der Waals surface area contributed by atoms with Crippen molar-refractivity contribution in [2.45, 2.75) is 26.2 Å². The van der Waals surface area contributed by atoms with Crippen LogP contribution in [0.5, 0.6) is 0 Å². The summed E-state index contributed by atoms with van der Waals surface area (Å²) in [7, 11) is 0. The number of carboxylic acid groups (broad SMARTS) is 1. The molecule has 1 fully saturated rings. The van der Waals surface area contributed by atoms with Crippen LogP contribution >= 0.6 is 0 Å². The van der Waals surface area contributed by atoms with E-state index in [1.807, 2.05) is 0 Å². The molecule has 0 bridgehead atoms. The number of hydrogen-bond acceptors (Lipinski definition) is 1. The first kappa shape index (κ1) is 9.52. The molecule has 0 unspecified atom stereocenters. The minimum absolute atomic E-state index is 0.316. The quantitative estimate of drug-likeness (QED) is 0.647. The van der Waals surface area contributed by atoms with Gasteiger partial charge in [0.15, 0.2) is 6.54 Å². The minimum atomic E-state index is -0.654. The summed E-state index contributed by atoms with van der Waals surface area (Å²) in [5.74, 6) is -0.654. The standard InChI is InChI=1S/C9H17NO2/c1-2-10(8-9(11)12)6-4-3-5-7-10/h2-8H2,1H3/p+1. The summed E-state index contributed by atoms with van der Waals surface area (Å²) < 4.78 is 0.801. The topological polar surface area (TPSA) is 37.3 Å². The molecular weight excluding hydrogens is 154 g/mol. The van der Waals surface area contributed by atoms with E-state index in [0.29, 0.717) is 6.54 Å². The molecule has 0 saturated carbocycles. The molecule has 0 aromatic heterocycles. The molecule has 0 spiro atoms. The fourth-order valence-corrected chi connectivity index (χ4v) is 2.06. The normalized spacial score (nSPS) is 22.1. The molecule has 0 aliphatic carbocycles. The van der Waals surface area contributed by atoms with Crippen molar-refractivity contribution < 1.29 is 14.4 Å². The Kier molecular flexibility index (Phi) is 3.09. The van der Waals surface area contributed by atoms with Gasteiger partial charge in [-0.1, -0.05) is 0 Å². The molecule has 1 N–H and O–H groups in total. The number of rotatable bonds is 3. The van der Waals surface area contributed by atoms with Crippen molar-refractivity contribution in [3.8, 4) is 0 Å². The molecule has 1 aliphatic rings. The maximum atomic E-state index is 10.6. The molecule has 12 heavy (non-hydrogen) atoms. The Morgan fingerprint density at radius 1 is 1.33 bits per heavy atom. The van der Waals surface area contributed by atoms with Crippen LogP contribution in [-0.4, -0.2) is 41.7 Å². The highest BCUT2D eigenvalue weighted by Gasteiger charge is 2.30. The molecule has 1 heterocycles. The van der Waals surface area contributed by atoms with E-state index in [0.717, 1.165) is 24.1 Å². The van der Waals surface area contributed by atoms with Gasteiger partial charge in [0, 0.05) is 0 Å². The van der Waals surface area contributed by atoms with Crippen LogP contribution in [0.2, 0.25) is 0 Å². The first-order valence-electron chi connectivity index (χ1n) is 4.75. The van der Waals surface area contributed by atoms with Crippen LogP contribution in [0.25, 0.3) is 0 Å². The van der Waals surface area contributed by atoms with Gasteiger partial charge in [-0.15, -0.1) is 0 Å². The first-order chi connectivity index (χ1) is 5.68. The van der Waals surface area contributed by atoms with Gasteiger partial charge in [-0.25, -0.2) is 4.79 Å². The van der Waals surface area contributed by atoms with Crippen molar-refractivity contribution in [1.82, 2.24) is 0 Å². The van der Waals surface area contributed by atoms with Crippen LogP contribution in [0, 0.1) is 0 Å². The molecule has 0 radical (unpaired) electrons. The maximum Gasteiger partial charge on any atom is 0.359 e. The van der Waals surface area contributed by atoms with Crippen LogP contribution < -0.4 is 0 Å². The van der Waals surface area contributed by atoms with Crippen molar-refractivity contribution in [2.24, 2.45) is 0 Å². The van der Waals surface area contributed by atoms with Gasteiger partial charge in [0.25, 0.3) is 0 Å². The highest BCUT2D eigenvalue weighted by atomic mass is 16.4. The lowest BCUT2D eigenvalue weighted by atomic mass is 10.1. The fourth-order valence-electron chi connectivity index (χ4n) is 2.06. The Morgan fingerprint density at radius 3 is 2.33 bits per heavy atom. The van der Waals surface area contributed by atoms with Crippen LogP contribution in [0.15, 0.2) is 0 Å². The zero-order chi connectivity index (χ0) is 9.03. The number of hydrogen-bond donors (Lipinski definition) is 1. The van der Waals surface area contributed by atoms with Crippen molar-refractivity contribution in [3.05, 3.63) is 0 Å². The third-order valence-electron chi connectivity index (χ3n) is 2.91. The molecule has 1 aliphatic heterocycles. The largest absolute Gasteiger partial charge is 0.477 e. The Labute approximate surface area is 73.6 Å². The van der Waals surface area contributed by atoms with E-state index in [4.69, 9.17) is 5.11 Å². The summed E-state index contributed by atoms with van der Waals surface area (Å²) in [6.45, 7) is 5.49. The zero-order valence-corrected chi connectivity index (χ0v) is 7.75. The van der Waals surface area contributed by atoms with E-state index in [2.05, 4.69) is 6.92 Å². The molecule has 3 heteroatoms. The average Bonchev–Trinajstić information content (AvgIpc) is 2.05. The third-order valence-corrected chi connectivity index (χ3v) is 2.91. The highest BCUT2D eigenvalue weighted by molar-refractivity contribution is 5.67. The number of aliphatic carboxylic acids is 1. The van der Waals surface area contributed by atoms with Gasteiger partial charge in [-0.05, 0) is 26.2 Å². The lowest BCUT2D eigenvalue weighted by molar-refractivity contribution is -0.924. The van der Waals surface area contributed by atoms with E-state index in [1.165, 1.54) is 19.3 Å². The monoisotopic (exact) mass is 172 g/mol. The fraction of sp³-hybridized carbons (Fsp3) is 0.889. The lowest BCUT2D eigenvalue weighted by Crippen LogP contribution is -2.53. The zero-order valence-electron chi connectivity index (χ0n) is 7.75. The Bertz CT molecular complexity index is 162. The van der Waals surface area contributed by atoms with Gasteiger partial charge in [0.05, 0.1) is 19.6 Å². The van der Waals surface area contributed by atoms with Crippen LogP contribution in [-0.2, 0) is 4.79 Å². The summed E-state index contributed by atoms with van der Waals surface area (Å²) in [5.41, 5.74) is 0. The second kappa shape index (κ2) is 3.90. The molecule has 0 aromatic rings. The predicted molar refractivity (Wildman–Crippen MR) is 46.9 cm³/mol. The van der Waals surface area contributed by atoms with E-state index < -0.39 is 5.97 Å². The van der Waals surface area contributed by atoms with Gasteiger partial charge in [-0.3, -0.25) is 0 Å². The van der Waals surface area contributed by atoms with E-state index in [-0.39, 0.29) is 0 Å². The Hall–Kier alpha value is -0.570. The summed E-state index contributed by atoms with van der Waals surface area (Å²) in [6, 6.07) is 0. The summed E-state index contributed by atoms with van der Waals surface area (Å²) >= 11 is 0. The number of piperidine rings is 1. The lowest BCUT2D eigenvalue weighted by Gasteiger charge is -2.39. The Balaban J connectivity index is 2.53. The number of quaternary nitrogens is 1. The van der Waals surface area contributed by atoms with E-state index in [1.54, 1.807) is 0 Å². The second-order valence-electron chi connectivity index (χ2n) is 3.72. The van der Waals surface area contributed by atoms with Crippen molar-refractivity contribution in [3.63, 3.8) is 0 Å². The number of likely N-dealkylation sites (N-methyl/N-ethyl adjacent to an activating group) is 1. The van der Waals surface area contributed by atoms with Crippen LogP contribution in [0.4, 0.5) is 0 Å². The van der Waals surface area contributed by atoms with Crippen molar-refractivity contribution >= 4 is 5.97 Å². The molecular formula is C9H18NO2+. The van der Waals surface area contributed by atoms with Gasteiger partial charge in [0.1, 0.15) is 0 Å². The molecule has 0 amide bonds. The second-order valence-corrected chi connectivity index (χ2v) is 3.72. The predicted octanol–water partition coefficient (Wildman–Crippen LogP) is 1.09. The van der Waals surface area contributed by atoms with Gasteiger partial charge in [-0.2, -0.15) is 0 Å². The van der Waals surface area contributed by atoms with Gasteiger partial charge in [0.2, 0.25) is 0 Å². The molecule has 0 aromatic carbocycles. The summed E-state index contributed by atoms with van der Waals surface area (Å²) in [6.07, 6.45) is 3.67. The van der Waals surface area contributed by atoms with Crippen molar-refractivity contribution in [1.29, 1.82) is 0 Å². The highest BCUT2D eigenvalue weighted by Crippen LogP contribution is 2.17.